The Morgan fingerprint density at radius 2 is 1.55 bits per heavy atom. The number of fused-ring (bicyclic) bond motifs is 1. The Kier molecular flexibility index (Phi) is 4.80. The van der Waals surface area contributed by atoms with Crippen molar-refractivity contribution < 1.29 is 14.8 Å². The zero-order valence-electron chi connectivity index (χ0n) is 18.6. The molecule has 2 amide bonds. The molecule has 6 heteroatoms. The van der Waals surface area contributed by atoms with Crippen LogP contribution in [0, 0.1) is 17.8 Å². The van der Waals surface area contributed by atoms with Crippen molar-refractivity contribution >= 4 is 22.7 Å². The minimum atomic E-state index is -0.531. The lowest BCUT2D eigenvalue weighted by molar-refractivity contribution is -0.0166. The van der Waals surface area contributed by atoms with Gasteiger partial charge in [-0.3, -0.25) is 14.8 Å². The van der Waals surface area contributed by atoms with Crippen molar-refractivity contribution in [2.45, 2.75) is 50.6 Å². The number of amides is 2. The Hall–Kier alpha value is -3.12. The molecule has 2 aromatic carbocycles. The van der Waals surface area contributed by atoms with E-state index in [4.69, 9.17) is 5.21 Å². The van der Waals surface area contributed by atoms with Crippen LogP contribution in [-0.4, -0.2) is 27.1 Å². The Morgan fingerprint density at radius 1 is 0.909 bits per heavy atom. The summed E-state index contributed by atoms with van der Waals surface area (Å²) in [5.41, 5.74) is 4.80. The first-order valence-electron chi connectivity index (χ1n) is 12.0. The van der Waals surface area contributed by atoms with Crippen LogP contribution in [0.15, 0.2) is 54.7 Å². The fraction of sp³-hybridized carbons (Fsp3) is 0.407. The highest BCUT2D eigenvalue weighted by Crippen LogP contribution is 2.55. The van der Waals surface area contributed by atoms with Crippen LogP contribution in [-0.2, 0) is 6.54 Å². The van der Waals surface area contributed by atoms with Gasteiger partial charge in [0.05, 0.1) is 5.56 Å². The zero-order valence-corrected chi connectivity index (χ0v) is 18.6. The standard InChI is InChI=1S/C27H29N3O3/c31-25(29-33)21-7-5-17(6-8-21)15-30-16-23(22-3-1-2-4-24(22)30)26(32)28-27-12-18-9-19(13-27)11-20(10-18)14-27/h1-8,16,18-20,33H,9-15H2,(H,28,32)(H,29,31). The van der Waals surface area contributed by atoms with E-state index in [9.17, 15) is 9.59 Å². The van der Waals surface area contributed by atoms with Gasteiger partial charge in [-0.05, 0) is 80.0 Å². The first-order valence-corrected chi connectivity index (χ1v) is 12.0. The number of hydrogen-bond acceptors (Lipinski definition) is 3. The van der Waals surface area contributed by atoms with Gasteiger partial charge in [0.1, 0.15) is 0 Å². The predicted molar refractivity (Wildman–Crippen MR) is 125 cm³/mol. The van der Waals surface area contributed by atoms with E-state index in [0.29, 0.717) is 12.1 Å². The second-order valence-electron chi connectivity index (χ2n) is 10.5. The van der Waals surface area contributed by atoms with Gasteiger partial charge in [-0.1, -0.05) is 30.3 Å². The van der Waals surface area contributed by atoms with Gasteiger partial charge < -0.3 is 9.88 Å². The maximum Gasteiger partial charge on any atom is 0.274 e. The molecule has 4 saturated carbocycles. The second-order valence-corrected chi connectivity index (χ2v) is 10.5. The first-order chi connectivity index (χ1) is 16.0. The Labute approximate surface area is 192 Å². The summed E-state index contributed by atoms with van der Waals surface area (Å²) in [7, 11) is 0. The lowest BCUT2D eigenvalue weighted by Gasteiger charge is -2.56. The van der Waals surface area contributed by atoms with Gasteiger partial charge in [-0.2, -0.15) is 0 Å². The average molecular weight is 444 g/mol. The summed E-state index contributed by atoms with van der Waals surface area (Å²) in [5, 5.41) is 13.3. The first kappa shape index (κ1) is 20.5. The number of nitrogens with zero attached hydrogens (tertiary/aromatic N) is 1. The normalized spacial score (nSPS) is 27.6. The number of para-hydroxylation sites is 1. The van der Waals surface area contributed by atoms with E-state index in [1.54, 1.807) is 17.6 Å². The van der Waals surface area contributed by atoms with Crippen molar-refractivity contribution in [1.29, 1.82) is 0 Å². The molecular weight excluding hydrogens is 414 g/mol. The van der Waals surface area contributed by atoms with Gasteiger partial charge in [-0.15, -0.1) is 0 Å². The molecular formula is C27H29N3O3. The van der Waals surface area contributed by atoms with Crippen molar-refractivity contribution in [2.75, 3.05) is 0 Å². The number of nitrogens with one attached hydrogen (secondary N) is 2. The third-order valence-corrected chi connectivity index (χ3v) is 8.12. The molecule has 0 atom stereocenters. The zero-order chi connectivity index (χ0) is 22.6. The molecule has 7 rings (SSSR count). The number of carbonyl (C=O) groups is 2. The molecule has 1 heterocycles. The van der Waals surface area contributed by atoms with E-state index in [2.05, 4.69) is 9.88 Å². The van der Waals surface area contributed by atoms with Gasteiger partial charge in [0.25, 0.3) is 11.8 Å². The number of hydrogen-bond donors (Lipinski definition) is 3. The average Bonchev–Trinajstić information content (AvgIpc) is 3.16. The van der Waals surface area contributed by atoms with Crippen LogP contribution in [0.2, 0.25) is 0 Å². The van der Waals surface area contributed by atoms with Crippen molar-refractivity contribution in [3.8, 4) is 0 Å². The van der Waals surface area contributed by atoms with Gasteiger partial charge in [0, 0.05) is 34.7 Å². The SMILES string of the molecule is O=C(NO)c1ccc(Cn2cc(C(=O)NC34CC5CC(CC(C5)C3)C4)c3ccccc32)cc1. The van der Waals surface area contributed by atoms with Crippen molar-refractivity contribution in [3.05, 3.63) is 71.4 Å². The predicted octanol–water partition coefficient (Wildman–Crippen LogP) is 4.51. The van der Waals surface area contributed by atoms with Gasteiger partial charge in [0.15, 0.2) is 0 Å². The molecule has 1 aromatic heterocycles. The Balaban J connectivity index is 1.27. The maximum absolute atomic E-state index is 13.6. The highest BCUT2D eigenvalue weighted by atomic mass is 16.5. The largest absolute Gasteiger partial charge is 0.347 e. The number of hydroxylamine groups is 1. The molecule has 4 aliphatic rings. The quantitative estimate of drug-likeness (QED) is 0.401. The van der Waals surface area contributed by atoms with Crippen LogP contribution in [0.4, 0.5) is 0 Å². The van der Waals surface area contributed by atoms with Crippen molar-refractivity contribution in [2.24, 2.45) is 17.8 Å². The summed E-state index contributed by atoms with van der Waals surface area (Å²) in [6, 6.07) is 15.2. The molecule has 3 aromatic rings. The molecule has 4 fully saturated rings. The molecule has 0 spiro atoms. The molecule has 0 saturated heterocycles. The van der Waals surface area contributed by atoms with Crippen LogP contribution < -0.4 is 10.8 Å². The molecule has 0 radical (unpaired) electrons. The highest BCUT2D eigenvalue weighted by molar-refractivity contribution is 6.07. The fourth-order valence-corrected chi connectivity index (χ4v) is 7.15. The van der Waals surface area contributed by atoms with Crippen LogP contribution in [0.5, 0.6) is 0 Å². The summed E-state index contributed by atoms with van der Waals surface area (Å²) < 4.78 is 2.10. The highest BCUT2D eigenvalue weighted by Gasteiger charge is 2.51. The lowest BCUT2D eigenvalue weighted by Crippen LogP contribution is -2.59. The summed E-state index contributed by atoms with van der Waals surface area (Å²) >= 11 is 0. The summed E-state index contributed by atoms with van der Waals surface area (Å²) in [6.45, 7) is 0.589. The molecule has 0 aliphatic heterocycles. The number of aromatic nitrogens is 1. The smallest absolute Gasteiger partial charge is 0.274 e. The van der Waals surface area contributed by atoms with E-state index in [-0.39, 0.29) is 11.4 Å². The molecule has 33 heavy (non-hydrogen) atoms. The van der Waals surface area contributed by atoms with Crippen LogP contribution in [0.3, 0.4) is 0 Å². The third kappa shape index (κ3) is 3.62. The monoisotopic (exact) mass is 443 g/mol. The molecule has 4 bridgehead atoms. The van der Waals surface area contributed by atoms with E-state index in [1.807, 2.05) is 42.6 Å². The number of rotatable bonds is 5. The van der Waals surface area contributed by atoms with Gasteiger partial charge in [-0.25, -0.2) is 5.48 Å². The van der Waals surface area contributed by atoms with Crippen molar-refractivity contribution in [3.63, 3.8) is 0 Å². The molecule has 3 N–H and O–H groups in total. The van der Waals surface area contributed by atoms with Crippen LogP contribution >= 0.6 is 0 Å². The third-order valence-electron chi connectivity index (χ3n) is 8.12. The molecule has 6 nitrogen and oxygen atoms in total. The maximum atomic E-state index is 13.6. The van der Waals surface area contributed by atoms with E-state index in [1.165, 1.54) is 19.3 Å². The second kappa shape index (κ2) is 7.73. The van der Waals surface area contributed by atoms with Crippen molar-refractivity contribution in [1.82, 2.24) is 15.4 Å². The fourth-order valence-electron chi connectivity index (χ4n) is 7.15. The Morgan fingerprint density at radius 3 is 2.18 bits per heavy atom. The van der Waals surface area contributed by atoms with E-state index >= 15 is 0 Å². The number of carbonyl (C=O) groups excluding carboxylic acids is 2. The molecule has 170 valence electrons. The number of benzene rings is 2. The lowest BCUT2D eigenvalue weighted by atomic mass is 9.53. The Bertz CT molecular complexity index is 1190. The molecule has 0 unspecified atom stereocenters. The summed E-state index contributed by atoms with van der Waals surface area (Å²) in [5.74, 6) is 1.87. The minimum absolute atomic E-state index is 0.0157. The van der Waals surface area contributed by atoms with Crippen LogP contribution in [0.25, 0.3) is 10.9 Å². The van der Waals surface area contributed by atoms with E-state index in [0.717, 1.165) is 59.0 Å². The van der Waals surface area contributed by atoms with Gasteiger partial charge in [0.2, 0.25) is 0 Å². The summed E-state index contributed by atoms with van der Waals surface area (Å²) in [6.07, 6.45) is 9.44. The molecule has 4 aliphatic carbocycles. The van der Waals surface area contributed by atoms with E-state index < -0.39 is 5.91 Å². The van der Waals surface area contributed by atoms with Gasteiger partial charge >= 0.3 is 0 Å². The van der Waals surface area contributed by atoms with Crippen LogP contribution in [0.1, 0.15) is 64.8 Å². The minimum Gasteiger partial charge on any atom is -0.347 e. The summed E-state index contributed by atoms with van der Waals surface area (Å²) in [4.78, 5) is 25.2. The topological polar surface area (TPSA) is 83.4 Å².